The molecule has 1 rings (SSSR count). The van der Waals surface area contributed by atoms with E-state index in [4.69, 9.17) is 15.9 Å². The monoisotopic (exact) mass is 195 g/mol. The van der Waals surface area contributed by atoms with Gasteiger partial charge in [-0.1, -0.05) is 12.1 Å². The molecule has 1 aromatic rings. The lowest BCUT2D eigenvalue weighted by Gasteiger charge is -1.94. The van der Waals surface area contributed by atoms with Crippen molar-refractivity contribution in [2.24, 2.45) is 0 Å². The summed E-state index contributed by atoms with van der Waals surface area (Å²) in [6, 6.07) is 5.21. The number of hydrogen-bond acceptors (Lipinski definition) is 5. The minimum absolute atomic E-state index is 0.289. The Morgan fingerprint density at radius 1 is 1.36 bits per heavy atom. The first-order valence-corrected chi connectivity index (χ1v) is 3.29. The van der Waals surface area contributed by atoms with Gasteiger partial charge in [-0.15, -0.1) is 0 Å². The molecular weight excluding hydrogens is 190 g/mol. The van der Waals surface area contributed by atoms with E-state index < -0.39 is 10.9 Å². The molecular formula is C7H5N3O4. The smallest absolute Gasteiger partial charge is 0.342 e. The summed E-state index contributed by atoms with van der Waals surface area (Å²) in [5.74, 6) is -1.29. The Labute approximate surface area is 78.2 Å². The van der Waals surface area contributed by atoms with Crippen molar-refractivity contribution >= 4 is 11.7 Å². The molecule has 0 atom stereocenters. The van der Waals surface area contributed by atoms with Crippen LogP contribution in [0.2, 0.25) is 0 Å². The summed E-state index contributed by atoms with van der Waals surface area (Å²) in [5.41, 5.74) is -0.674. The first-order chi connectivity index (χ1) is 6.63. The van der Waals surface area contributed by atoms with Crippen LogP contribution in [0.5, 0.6) is 0 Å². The van der Waals surface area contributed by atoms with Crippen molar-refractivity contribution in [2.75, 3.05) is 0 Å². The molecule has 0 bridgehead atoms. The number of para-hydroxylation sites is 1. The van der Waals surface area contributed by atoms with Gasteiger partial charge in [0.15, 0.2) is 0 Å². The zero-order chi connectivity index (χ0) is 11.1. The second kappa shape index (κ2) is 5.21. The molecule has 0 aromatic heterocycles. The van der Waals surface area contributed by atoms with Gasteiger partial charge < -0.3 is 5.11 Å². The number of carboxylic acids is 1. The lowest BCUT2D eigenvalue weighted by molar-refractivity contribution is -0.385. The van der Waals surface area contributed by atoms with Gasteiger partial charge in [0.25, 0.3) is 5.69 Å². The number of nitro groups is 1. The molecule has 1 N–H and O–H groups in total. The summed E-state index contributed by atoms with van der Waals surface area (Å²) >= 11 is 0. The van der Waals surface area contributed by atoms with Crippen LogP contribution in [0, 0.1) is 20.9 Å². The highest BCUT2D eigenvalue weighted by molar-refractivity contribution is 5.92. The molecule has 0 saturated heterocycles. The van der Waals surface area contributed by atoms with Gasteiger partial charge >= 0.3 is 5.97 Å². The minimum Gasteiger partial charge on any atom is -0.477 e. The van der Waals surface area contributed by atoms with E-state index in [2.05, 4.69) is 0 Å². The third-order valence-electron chi connectivity index (χ3n) is 1.33. The van der Waals surface area contributed by atoms with Crippen LogP contribution in [0.1, 0.15) is 10.4 Å². The molecule has 0 aliphatic rings. The summed E-state index contributed by atoms with van der Waals surface area (Å²) in [7, 11) is 0. The molecule has 0 spiro atoms. The van der Waals surface area contributed by atoms with Crippen LogP contribution >= 0.6 is 0 Å². The van der Waals surface area contributed by atoms with Crippen LogP contribution < -0.4 is 0 Å². The van der Waals surface area contributed by atoms with Crippen molar-refractivity contribution in [1.82, 2.24) is 0 Å². The van der Waals surface area contributed by atoms with E-state index in [-0.39, 0.29) is 11.3 Å². The summed E-state index contributed by atoms with van der Waals surface area (Å²) in [6.45, 7) is 0. The molecule has 7 heteroatoms. The number of carboxylic acid groups (broad SMARTS) is 1. The Balaban J connectivity index is 0.000000791. The standard InChI is InChI=1S/C7H5NO4.N2/c9-7(10)5-3-1-2-4-6(5)8(11)12;1-2/h1-4H,(H,9,10);. The van der Waals surface area contributed by atoms with E-state index in [1.807, 2.05) is 0 Å². The van der Waals surface area contributed by atoms with Crippen LogP contribution in [0.25, 0.3) is 0 Å². The highest BCUT2D eigenvalue weighted by atomic mass is 16.6. The van der Waals surface area contributed by atoms with Crippen molar-refractivity contribution < 1.29 is 14.8 Å². The second-order valence-electron chi connectivity index (χ2n) is 2.08. The lowest BCUT2D eigenvalue weighted by atomic mass is 10.2. The van der Waals surface area contributed by atoms with Gasteiger partial charge in [-0.3, -0.25) is 10.1 Å². The van der Waals surface area contributed by atoms with E-state index in [9.17, 15) is 14.9 Å². The van der Waals surface area contributed by atoms with Gasteiger partial charge in [-0.2, -0.15) is 0 Å². The molecule has 0 unspecified atom stereocenters. The van der Waals surface area contributed by atoms with Crippen LogP contribution in [0.15, 0.2) is 24.3 Å². The zero-order valence-electron chi connectivity index (χ0n) is 6.82. The maximum Gasteiger partial charge on any atom is 0.342 e. The normalized spacial score (nSPS) is 8.14. The first kappa shape index (κ1) is 11.5. The van der Waals surface area contributed by atoms with Crippen molar-refractivity contribution in [3.05, 3.63) is 39.9 Å². The highest BCUT2D eigenvalue weighted by Gasteiger charge is 2.17. The fourth-order valence-corrected chi connectivity index (χ4v) is 0.814. The predicted molar refractivity (Wildman–Crippen MR) is 43.5 cm³/mol. The maximum absolute atomic E-state index is 10.4. The first-order valence-electron chi connectivity index (χ1n) is 3.29. The molecule has 0 aliphatic carbocycles. The maximum atomic E-state index is 10.4. The predicted octanol–water partition coefficient (Wildman–Crippen LogP) is 1.32. The number of nitrogens with zero attached hydrogens (tertiary/aromatic N) is 3. The molecule has 0 amide bonds. The number of hydrogen-bond donors (Lipinski definition) is 1. The molecule has 0 saturated carbocycles. The van der Waals surface area contributed by atoms with E-state index in [0.717, 1.165) is 6.07 Å². The van der Waals surface area contributed by atoms with Crippen molar-refractivity contribution in [1.29, 1.82) is 10.8 Å². The Kier molecular flexibility index (Phi) is 4.28. The number of aromatic carboxylic acids is 1. The van der Waals surface area contributed by atoms with Crippen LogP contribution in [0.4, 0.5) is 5.69 Å². The molecule has 1 aromatic carbocycles. The average Bonchev–Trinajstić information content (AvgIpc) is 2.20. The summed E-state index contributed by atoms with van der Waals surface area (Å²) < 4.78 is 0. The molecule has 0 aliphatic heterocycles. The second-order valence-corrected chi connectivity index (χ2v) is 2.08. The van der Waals surface area contributed by atoms with Crippen LogP contribution in [0.3, 0.4) is 0 Å². The third kappa shape index (κ3) is 2.53. The zero-order valence-corrected chi connectivity index (χ0v) is 6.82. The quantitative estimate of drug-likeness (QED) is 0.430. The van der Waals surface area contributed by atoms with E-state index in [1.54, 1.807) is 0 Å². The van der Waals surface area contributed by atoms with Gasteiger partial charge in [-0.25, -0.2) is 4.79 Å². The molecule has 0 heterocycles. The fourth-order valence-electron chi connectivity index (χ4n) is 0.814. The number of rotatable bonds is 2. The van der Waals surface area contributed by atoms with E-state index >= 15 is 0 Å². The minimum atomic E-state index is -1.29. The van der Waals surface area contributed by atoms with Gasteiger partial charge in [-0.05, 0) is 6.07 Å². The van der Waals surface area contributed by atoms with Gasteiger partial charge in [0.05, 0.1) is 4.92 Å². The number of carbonyl (C=O) groups is 1. The van der Waals surface area contributed by atoms with Crippen LogP contribution in [-0.4, -0.2) is 16.0 Å². The Morgan fingerprint density at radius 3 is 2.21 bits per heavy atom. The van der Waals surface area contributed by atoms with Crippen molar-refractivity contribution in [3.8, 4) is 0 Å². The molecule has 72 valence electrons. The Hall–Kier alpha value is -2.49. The topological polar surface area (TPSA) is 128 Å². The van der Waals surface area contributed by atoms with Crippen LogP contribution in [-0.2, 0) is 0 Å². The van der Waals surface area contributed by atoms with Crippen molar-refractivity contribution in [3.63, 3.8) is 0 Å². The van der Waals surface area contributed by atoms with Gasteiger partial charge in [0.2, 0.25) is 0 Å². The van der Waals surface area contributed by atoms with Crippen molar-refractivity contribution in [2.45, 2.75) is 0 Å². The lowest BCUT2D eigenvalue weighted by Crippen LogP contribution is -2.01. The highest BCUT2D eigenvalue weighted by Crippen LogP contribution is 2.16. The average molecular weight is 195 g/mol. The van der Waals surface area contributed by atoms with Gasteiger partial charge in [0.1, 0.15) is 5.56 Å². The Morgan fingerprint density at radius 2 is 1.86 bits per heavy atom. The number of nitro benzene ring substituents is 1. The molecule has 0 fully saturated rings. The van der Waals surface area contributed by atoms with E-state index in [0.29, 0.717) is 0 Å². The van der Waals surface area contributed by atoms with E-state index in [1.165, 1.54) is 18.2 Å². The summed E-state index contributed by atoms with van der Waals surface area (Å²) in [5, 5.41) is 30.8. The fraction of sp³-hybridized carbons (Fsp3) is 0. The number of benzene rings is 1. The summed E-state index contributed by atoms with van der Waals surface area (Å²) in [4.78, 5) is 20.0. The SMILES string of the molecule is N#N.O=C(O)c1ccccc1[N+](=O)[O-]. The largest absolute Gasteiger partial charge is 0.477 e. The molecule has 14 heavy (non-hydrogen) atoms. The third-order valence-corrected chi connectivity index (χ3v) is 1.33. The molecule has 0 radical (unpaired) electrons. The molecule has 7 nitrogen and oxygen atoms in total. The van der Waals surface area contributed by atoms with Gasteiger partial charge in [0, 0.05) is 16.9 Å². The Bertz CT molecular complexity index is 341. The summed E-state index contributed by atoms with van der Waals surface area (Å²) in [6.07, 6.45) is 0.